The van der Waals surface area contributed by atoms with Crippen molar-refractivity contribution in [2.24, 2.45) is 0 Å². The number of benzene rings is 2. The van der Waals surface area contributed by atoms with Crippen molar-refractivity contribution in [2.75, 3.05) is 0 Å². The summed E-state index contributed by atoms with van der Waals surface area (Å²) >= 11 is 0. The van der Waals surface area contributed by atoms with Crippen LogP contribution in [0.5, 0.6) is 0 Å². The van der Waals surface area contributed by atoms with Crippen LogP contribution in [0.1, 0.15) is 36.8 Å². The summed E-state index contributed by atoms with van der Waals surface area (Å²) in [4.78, 5) is 0. The molecule has 2 rings (SSSR count). The molecule has 0 bridgehead atoms. The molecule has 0 unspecified atom stereocenters. The van der Waals surface area contributed by atoms with Gasteiger partial charge in [0, 0.05) is 0 Å². The van der Waals surface area contributed by atoms with Gasteiger partial charge in [0.25, 0.3) is 0 Å². The molecule has 2 N–H and O–H groups in total. The van der Waals surface area contributed by atoms with Crippen LogP contribution in [-0.4, -0.2) is 10.2 Å². The number of rotatable bonds is 7. The molecule has 0 amide bonds. The molecule has 0 saturated heterocycles. The summed E-state index contributed by atoms with van der Waals surface area (Å²) in [5.74, 6) is 4.98. The zero-order valence-corrected chi connectivity index (χ0v) is 13.7. The Morgan fingerprint density at radius 2 is 1.00 bits per heavy atom. The van der Waals surface area contributed by atoms with Gasteiger partial charge in [-0.3, -0.25) is 0 Å². The van der Waals surface area contributed by atoms with Gasteiger partial charge < -0.3 is 10.2 Å². The molecule has 2 atom stereocenters. The van der Waals surface area contributed by atoms with Crippen molar-refractivity contribution in [1.29, 1.82) is 0 Å². The van der Waals surface area contributed by atoms with E-state index in [0.29, 0.717) is 36.8 Å². The average Bonchev–Trinajstić information content (AvgIpc) is 2.66. The van der Waals surface area contributed by atoms with Gasteiger partial charge in [-0.05, 0) is 36.8 Å². The predicted octanol–water partition coefficient (Wildman–Crippen LogP) is 3.59. The monoisotopic (exact) mass is 318 g/mol. The molecule has 0 spiro atoms. The Bertz CT molecular complexity index is 659. The molecule has 0 radical (unpaired) electrons. The molecule has 122 valence electrons. The van der Waals surface area contributed by atoms with Crippen molar-refractivity contribution in [3.8, 4) is 24.7 Å². The van der Waals surface area contributed by atoms with Gasteiger partial charge in [-0.15, -0.1) is 12.8 Å². The van der Waals surface area contributed by atoms with Crippen LogP contribution in [0.4, 0.5) is 0 Å². The maximum atomic E-state index is 10.7. The smallest absolute Gasteiger partial charge is 0.150 e. The third-order valence-electron chi connectivity index (χ3n) is 4.31. The van der Waals surface area contributed by atoms with Gasteiger partial charge in [0.05, 0.1) is 0 Å². The van der Waals surface area contributed by atoms with E-state index < -0.39 is 11.2 Å². The Morgan fingerprint density at radius 1 is 0.667 bits per heavy atom. The van der Waals surface area contributed by atoms with Gasteiger partial charge in [-0.25, -0.2) is 0 Å². The largest absolute Gasteiger partial charge is 0.373 e. The molecule has 2 nitrogen and oxygen atoms in total. The summed E-state index contributed by atoms with van der Waals surface area (Å²) in [6.07, 6.45) is 13.2. The third-order valence-corrected chi connectivity index (χ3v) is 4.31. The lowest BCUT2D eigenvalue weighted by molar-refractivity contribution is 0.0712. The molecule has 0 aromatic heterocycles. The van der Waals surface area contributed by atoms with E-state index in [0.717, 1.165) is 0 Å². The lowest BCUT2D eigenvalue weighted by Gasteiger charge is -2.25. The molecule has 0 aliphatic carbocycles. The first-order chi connectivity index (χ1) is 11.5. The summed E-state index contributed by atoms with van der Waals surface area (Å²) in [7, 11) is 0. The molecular formula is C22H22O2. The van der Waals surface area contributed by atoms with E-state index in [4.69, 9.17) is 12.8 Å². The van der Waals surface area contributed by atoms with E-state index in [-0.39, 0.29) is 0 Å². The second-order valence-corrected chi connectivity index (χ2v) is 5.95. The number of unbranched alkanes of at least 4 members (excludes halogenated alkanes) is 1. The molecule has 0 fully saturated rings. The molecule has 2 aromatic rings. The second-order valence-electron chi connectivity index (χ2n) is 5.95. The number of terminal acetylenes is 2. The van der Waals surface area contributed by atoms with Crippen molar-refractivity contribution in [2.45, 2.75) is 36.9 Å². The minimum absolute atomic E-state index is 0.420. The van der Waals surface area contributed by atoms with E-state index in [1.165, 1.54) is 0 Å². The standard InChI is InChI=1S/C22H22O2/c1-3-21(23,19-13-7-5-8-14-19)17-11-12-18-22(24,4-2)20-15-9-6-10-16-20/h1-2,5-10,13-16,23-24H,11-12,17-18H2/t21-,22-/m0/s1. The van der Waals surface area contributed by atoms with E-state index >= 15 is 0 Å². The van der Waals surface area contributed by atoms with Gasteiger partial charge in [0.1, 0.15) is 0 Å². The average molecular weight is 318 g/mol. The number of hydrogen-bond acceptors (Lipinski definition) is 2. The van der Waals surface area contributed by atoms with Crippen LogP contribution >= 0.6 is 0 Å². The van der Waals surface area contributed by atoms with Crippen molar-refractivity contribution >= 4 is 0 Å². The van der Waals surface area contributed by atoms with Crippen molar-refractivity contribution in [3.63, 3.8) is 0 Å². The van der Waals surface area contributed by atoms with Crippen LogP contribution in [0.3, 0.4) is 0 Å². The second kappa shape index (κ2) is 7.84. The fourth-order valence-corrected chi connectivity index (χ4v) is 2.79. The highest BCUT2D eigenvalue weighted by Gasteiger charge is 2.28. The van der Waals surface area contributed by atoms with Crippen LogP contribution in [0, 0.1) is 24.7 Å². The van der Waals surface area contributed by atoms with Crippen molar-refractivity contribution in [1.82, 2.24) is 0 Å². The summed E-state index contributed by atoms with van der Waals surface area (Å²) in [6, 6.07) is 18.5. The Labute approximate surface area is 144 Å². The third kappa shape index (κ3) is 4.06. The van der Waals surface area contributed by atoms with E-state index in [2.05, 4.69) is 11.8 Å². The molecule has 2 aromatic carbocycles. The normalized spacial score (nSPS) is 15.5. The van der Waals surface area contributed by atoms with Crippen LogP contribution in [-0.2, 0) is 11.2 Å². The summed E-state index contributed by atoms with van der Waals surface area (Å²) < 4.78 is 0. The topological polar surface area (TPSA) is 40.5 Å². The first kappa shape index (κ1) is 17.8. The van der Waals surface area contributed by atoms with Crippen molar-refractivity contribution in [3.05, 3.63) is 71.8 Å². The highest BCUT2D eigenvalue weighted by molar-refractivity contribution is 5.31. The Kier molecular flexibility index (Phi) is 5.83. The maximum Gasteiger partial charge on any atom is 0.150 e. The van der Waals surface area contributed by atoms with Crippen LogP contribution in [0.25, 0.3) is 0 Å². The molecule has 0 saturated carbocycles. The summed E-state index contributed by atoms with van der Waals surface area (Å²) in [6.45, 7) is 0. The molecule has 0 aliphatic heterocycles. The zero-order chi connectivity index (χ0) is 17.5. The Balaban J connectivity index is 1.97. The van der Waals surface area contributed by atoms with Gasteiger partial charge in [0.2, 0.25) is 0 Å². The van der Waals surface area contributed by atoms with Gasteiger partial charge in [0.15, 0.2) is 11.2 Å². The SMILES string of the molecule is C#C[C@](O)(CCCC[C@@](O)(C#C)c1ccccc1)c1ccccc1. The fraction of sp³-hybridized carbons (Fsp3) is 0.273. The van der Waals surface area contributed by atoms with Crippen LogP contribution < -0.4 is 0 Å². The molecule has 2 heteroatoms. The van der Waals surface area contributed by atoms with E-state index in [1.54, 1.807) is 0 Å². The summed E-state index contributed by atoms with van der Waals surface area (Å²) in [5, 5.41) is 21.3. The first-order valence-electron chi connectivity index (χ1n) is 8.05. The molecular weight excluding hydrogens is 296 g/mol. The highest BCUT2D eigenvalue weighted by Crippen LogP contribution is 2.30. The zero-order valence-electron chi connectivity index (χ0n) is 13.7. The van der Waals surface area contributed by atoms with Gasteiger partial charge >= 0.3 is 0 Å². The van der Waals surface area contributed by atoms with Gasteiger partial charge in [-0.1, -0.05) is 72.5 Å². The lowest BCUT2D eigenvalue weighted by atomic mass is 9.85. The van der Waals surface area contributed by atoms with Gasteiger partial charge in [-0.2, -0.15) is 0 Å². The Hall–Kier alpha value is -2.52. The minimum atomic E-state index is -1.29. The quantitative estimate of drug-likeness (QED) is 0.605. The van der Waals surface area contributed by atoms with E-state index in [9.17, 15) is 10.2 Å². The summed E-state index contributed by atoms with van der Waals surface area (Å²) in [5.41, 5.74) is -1.16. The Morgan fingerprint density at radius 3 is 1.29 bits per heavy atom. The van der Waals surface area contributed by atoms with Crippen molar-refractivity contribution < 1.29 is 10.2 Å². The maximum absolute atomic E-state index is 10.7. The lowest BCUT2D eigenvalue weighted by Crippen LogP contribution is -2.25. The fourth-order valence-electron chi connectivity index (χ4n) is 2.79. The molecule has 0 aliphatic rings. The minimum Gasteiger partial charge on any atom is -0.373 e. The van der Waals surface area contributed by atoms with Crippen LogP contribution in [0.2, 0.25) is 0 Å². The molecule has 0 heterocycles. The highest BCUT2D eigenvalue weighted by atomic mass is 16.3. The number of aliphatic hydroxyl groups is 2. The predicted molar refractivity (Wildman–Crippen MR) is 96.8 cm³/mol. The first-order valence-corrected chi connectivity index (χ1v) is 8.05. The van der Waals surface area contributed by atoms with E-state index in [1.807, 2.05) is 60.7 Å². The number of hydrogen-bond donors (Lipinski definition) is 2. The van der Waals surface area contributed by atoms with Crippen LogP contribution in [0.15, 0.2) is 60.7 Å². The molecule has 24 heavy (non-hydrogen) atoms.